The third-order valence-electron chi connectivity index (χ3n) is 4.22. The van der Waals surface area contributed by atoms with Crippen LogP contribution in [-0.2, 0) is 17.5 Å². The largest absolute Gasteiger partial charge is 0.451 e. The minimum Gasteiger partial charge on any atom is -0.387 e. The predicted octanol–water partition coefficient (Wildman–Crippen LogP) is 1.01. The van der Waals surface area contributed by atoms with E-state index in [4.69, 9.17) is 0 Å². The molecule has 2 N–H and O–H groups in total. The number of aliphatic hydroxyl groups is 1. The lowest BCUT2D eigenvalue weighted by Gasteiger charge is -2.39. The maximum atomic E-state index is 12.4. The topological polar surface area (TPSA) is 98.7 Å². The first kappa shape index (κ1) is 20.9. The standard InChI is InChI=1S/C16H22F3N5O3/c1-23(2)12(25)6-15(27)4-3-5-24(10-15)14(26)22-9-11-7-20-13(21-8-11)16(17,18)19/h7-8,27H,3-6,9-10H2,1-2H3,(H,22,26). The van der Waals surface area contributed by atoms with Crippen LogP contribution in [0.5, 0.6) is 0 Å². The van der Waals surface area contributed by atoms with Crippen LogP contribution in [0, 0.1) is 0 Å². The predicted molar refractivity (Wildman–Crippen MR) is 88.3 cm³/mol. The first-order chi connectivity index (χ1) is 12.5. The minimum absolute atomic E-state index is 0.00191. The van der Waals surface area contributed by atoms with Crippen LogP contribution in [0.4, 0.5) is 18.0 Å². The van der Waals surface area contributed by atoms with Gasteiger partial charge in [-0.25, -0.2) is 14.8 Å². The molecule has 2 rings (SSSR count). The van der Waals surface area contributed by atoms with Crippen LogP contribution in [0.25, 0.3) is 0 Å². The molecule has 27 heavy (non-hydrogen) atoms. The third kappa shape index (κ3) is 5.78. The zero-order valence-electron chi connectivity index (χ0n) is 15.1. The summed E-state index contributed by atoms with van der Waals surface area (Å²) in [6.45, 7) is 0.359. The Balaban J connectivity index is 1.91. The lowest BCUT2D eigenvalue weighted by atomic mass is 9.89. The molecule has 1 aromatic heterocycles. The molecular weight excluding hydrogens is 367 g/mol. The number of amides is 3. The molecule has 0 spiro atoms. The quantitative estimate of drug-likeness (QED) is 0.801. The van der Waals surface area contributed by atoms with Crippen molar-refractivity contribution < 1.29 is 27.9 Å². The van der Waals surface area contributed by atoms with E-state index >= 15 is 0 Å². The molecule has 150 valence electrons. The van der Waals surface area contributed by atoms with Crippen LogP contribution >= 0.6 is 0 Å². The van der Waals surface area contributed by atoms with Gasteiger partial charge < -0.3 is 20.2 Å². The number of alkyl halides is 3. The van der Waals surface area contributed by atoms with E-state index in [1.165, 1.54) is 9.80 Å². The highest BCUT2D eigenvalue weighted by Crippen LogP contribution is 2.26. The maximum absolute atomic E-state index is 12.4. The summed E-state index contributed by atoms with van der Waals surface area (Å²) in [6.07, 6.45) is -1.77. The Labute approximate surface area is 154 Å². The molecule has 3 amide bonds. The number of β-amino-alcohol motifs (C(OH)–C–C–N with tert-alkyl or cyclic N) is 1. The van der Waals surface area contributed by atoms with Gasteiger partial charge in [-0.1, -0.05) is 0 Å². The van der Waals surface area contributed by atoms with Crippen LogP contribution in [0.3, 0.4) is 0 Å². The summed E-state index contributed by atoms with van der Waals surface area (Å²) in [5.74, 6) is -1.48. The van der Waals surface area contributed by atoms with Crippen molar-refractivity contribution in [2.45, 2.75) is 37.6 Å². The summed E-state index contributed by atoms with van der Waals surface area (Å²) in [6, 6.07) is -0.481. The maximum Gasteiger partial charge on any atom is 0.451 e. The second-order valence-electron chi connectivity index (χ2n) is 6.79. The molecule has 8 nitrogen and oxygen atoms in total. The highest BCUT2D eigenvalue weighted by Gasteiger charge is 2.37. The van der Waals surface area contributed by atoms with Gasteiger partial charge in [0.15, 0.2) is 0 Å². The summed E-state index contributed by atoms with van der Waals surface area (Å²) in [5.41, 5.74) is -0.986. The van der Waals surface area contributed by atoms with Gasteiger partial charge in [0.05, 0.1) is 18.6 Å². The second-order valence-corrected chi connectivity index (χ2v) is 6.79. The number of hydrogen-bond donors (Lipinski definition) is 2. The van der Waals surface area contributed by atoms with E-state index in [9.17, 15) is 27.9 Å². The molecule has 1 unspecified atom stereocenters. The molecule has 0 aromatic carbocycles. The van der Waals surface area contributed by atoms with Crippen molar-refractivity contribution in [3.05, 3.63) is 23.8 Å². The number of nitrogens with zero attached hydrogens (tertiary/aromatic N) is 4. The number of likely N-dealkylation sites (tertiary alicyclic amines) is 1. The molecule has 1 atom stereocenters. The fraction of sp³-hybridized carbons (Fsp3) is 0.625. The van der Waals surface area contributed by atoms with Crippen molar-refractivity contribution in [1.29, 1.82) is 0 Å². The van der Waals surface area contributed by atoms with Crippen LogP contribution in [0.1, 0.15) is 30.7 Å². The van der Waals surface area contributed by atoms with Crippen LogP contribution < -0.4 is 5.32 Å². The van der Waals surface area contributed by atoms with E-state index in [1.807, 2.05) is 0 Å². The number of urea groups is 1. The summed E-state index contributed by atoms with van der Waals surface area (Å²) >= 11 is 0. The molecule has 11 heteroatoms. The number of halogens is 3. The van der Waals surface area contributed by atoms with Gasteiger partial charge in [0, 0.05) is 45.1 Å². The van der Waals surface area contributed by atoms with E-state index in [0.717, 1.165) is 12.4 Å². The fourth-order valence-corrected chi connectivity index (χ4v) is 2.75. The van der Waals surface area contributed by atoms with Crippen LogP contribution in [-0.4, -0.2) is 69.6 Å². The van der Waals surface area contributed by atoms with Gasteiger partial charge in [0.2, 0.25) is 11.7 Å². The molecule has 2 heterocycles. The van der Waals surface area contributed by atoms with Crippen molar-refractivity contribution in [3.8, 4) is 0 Å². The molecular formula is C16H22F3N5O3. The van der Waals surface area contributed by atoms with E-state index in [0.29, 0.717) is 24.9 Å². The van der Waals surface area contributed by atoms with Crippen molar-refractivity contribution in [2.75, 3.05) is 27.2 Å². The SMILES string of the molecule is CN(C)C(=O)CC1(O)CCCN(C(=O)NCc2cnc(C(F)(F)F)nc2)C1. The highest BCUT2D eigenvalue weighted by molar-refractivity contribution is 5.77. The summed E-state index contributed by atoms with van der Waals surface area (Å²) < 4.78 is 37.3. The molecule has 1 aliphatic rings. The Hall–Kier alpha value is -2.43. The molecule has 0 radical (unpaired) electrons. The first-order valence-electron chi connectivity index (χ1n) is 8.34. The average Bonchev–Trinajstić information content (AvgIpc) is 2.58. The van der Waals surface area contributed by atoms with Gasteiger partial charge in [-0.15, -0.1) is 0 Å². The number of carbonyl (C=O) groups is 2. The minimum atomic E-state index is -4.62. The van der Waals surface area contributed by atoms with Crippen LogP contribution in [0.2, 0.25) is 0 Å². The monoisotopic (exact) mass is 389 g/mol. The van der Waals surface area contributed by atoms with Gasteiger partial charge in [0.25, 0.3) is 0 Å². The zero-order chi connectivity index (χ0) is 20.2. The number of hydrogen-bond acceptors (Lipinski definition) is 5. The lowest BCUT2D eigenvalue weighted by molar-refractivity contribution is -0.145. The third-order valence-corrected chi connectivity index (χ3v) is 4.22. The number of rotatable bonds is 4. The number of carbonyl (C=O) groups excluding carboxylic acids is 2. The molecule has 1 fully saturated rings. The van der Waals surface area contributed by atoms with Gasteiger partial charge in [0.1, 0.15) is 0 Å². The van der Waals surface area contributed by atoms with E-state index < -0.39 is 23.6 Å². The van der Waals surface area contributed by atoms with Crippen molar-refractivity contribution in [2.24, 2.45) is 0 Å². The average molecular weight is 389 g/mol. The van der Waals surface area contributed by atoms with Gasteiger partial charge >= 0.3 is 12.2 Å². The van der Waals surface area contributed by atoms with Gasteiger partial charge in [-0.2, -0.15) is 13.2 Å². The van der Waals surface area contributed by atoms with E-state index in [2.05, 4.69) is 15.3 Å². The van der Waals surface area contributed by atoms with Gasteiger partial charge in [-0.3, -0.25) is 4.79 Å². The Morgan fingerprint density at radius 3 is 2.52 bits per heavy atom. The highest BCUT2D eigenvalue weighted by atomic mass is 19.4. The Morgan fingerprint density at radius 2 is 1.96 bits per heavy atom. The fourth-order valence-electron chi connectivity index (χ4n) is 2.75. The second kappa shape index (κ2) is 8.07. The lowest BCUT2D eigenvalue weighted by Crippen LogP contribution is -2.54. The van der Waals surface area contributed by atoms with Gasteiger partial charge in [-0.05, 0) is 12.8 Å². The zero-order valence-corrected chi connectivity index (χ0v) is 15.1. The Morgan fingerprint density at radius 1 is 1.33 bits per heavy atom. The van der Waals surface area contributed by atoms with E-state index in [-0.39, 0.29) is 25.4 Å². The van der Waals surface area contributed by atoms with E-state index in [1.54, 1.807) is 14.1 Å². The molecule has 1 saturated heterocycles. The number of nitrogens with one attached hydrogen (secondary N) is 1. The summed E-state index contributed by atoms with van der Waals surface area (Å²) in [7, 11) is 3.18. The first-order valence-corrected chi connectivity index (χ1v) is 8.34. The van der Waals surface area contributed by atoms with Crippen molar-refractivity contribution >= 4 is 11.9 Å². The Kier molecular flexibility index (Phi) is 6.24. The number of aromatic nitrogens is 2. The molecule has 1 aliphatic heterocycles. The molecule has 0 bridgehead atoms. The molecule has 0 saturated carbocycles. The summed E-state index contributed by atoms with van der Waals surface area (Å²) in [4.78, 5) is 33.4. The van der Waals surface area contributed by atoms with Crippen LogP contribution in [0.15, 0.2) is 12.4 Å². The smallest absolute Gasteiger partial charge is 0.387 e. The normalized spacial score (nSPS) is 20.3. The number of piperidine rings is 1. The molecule has 1 aromatic rings. The van der Waals surface area contributed by atoms with Crippen molar-refractivity contribution in [3.63, 3.8) is 0 Å². The molecule has 0 aliphatic carbocycles. The summed E-state index contributed by atoms with van der Waals surface area (Å²) in [5, 5.41) is 13.2. The van der Waals surface area contributed by atoms with Crippen molar-refractivity contribution in [1.82, 2.24) is 25.1 Å². The Bertz CT molecular complexity index is 681.